The second kappa shape index (κ2) is 7.42. The van der Waals surface area contributed by atoms with E-state index < -0.39 is 17.4 Å². The number of carboxylic acid groups (broad SMARTS) is 1. The van der Waals surface area contributed by atoms with Crippen LogP contribution in [0.25, 0.3) is 0 Å². The van der Waals surface area contributed by atoms with Crippen LogP contribution in [-0.4, -0.2) is 33.8 Å². The molecule has 2 amide bonds. The molecule has 0 saturated carbocycles. The summed E-state index contributed by atoms with van der Waals surface area (Å²) in [5, 5.41) is 22.0. The van der Waals surface area contributed by atoms with Crippen molar-refractivity contribution in [3.8, 4) is 0 Å². The van der Waals surface area contributed by atoms with Crippen molar-refractivity contribution in [2.24, 2.45) is 5.41 Å². The zero-order valence-corrected chi connectivity index (χ0v) is 11.7. The van der Waals surface area contributed by atoms with Crippen LogP contribution < -0.4 is 10.6 Å². The fourth-order valence-electron chi connectivity index (χ4n) is 1.79. The summed E-state index contributed by atoms with van der Waals surface area (Å²) >= 11 is 0. The van der Waals surface area contributed by atoms with E-state index in [9.17, 15) is 14.7 Å². The minimum Gasteiger partial charge on any atom is -0.481 e. The van der Waals surface area contributed by atoms with Gasteiger partial charge >= 0.3 is 12.0 Å². The molecule has 0 unspecified atom stereocenters. The van der Waals surface area contributed by atoms with Crippen LogP contribution in [0.1, 0.15) is 32.4 Å². The maximum atomic E-state index is 11.7. The highest BCUT2D eigenvalue weighted by Crippen LogP contribution is 2.25. The summed E-state index contributed by atoms with van der Waals surface area (Å²) < 4.78 is 0. The number of carbonyl (C=O) groups is 2. The summed E-state index contributed by atoms with van der Waals surface area (Å²) in [4.78, 5) is 22.9. The quantitative estimate of drug-likeness (QED) is 0.695. The number of urea groups is 1. The predicted molar refractivity (Wildman–Crippen MR) is 72.9 cm³/mol. The molecule has 0 bridgehead atoms. The molecule has 0 radical (unpaired) electrons. The number of rotatable bonds is 7. The Labute approximate surface area is 117 Å². The SMILES string of the molecule is CCC(CC)(CNC(=O)NCc1cccnn1)C(=O)O. The Morgan fingerprint density at radius 2 is 2.00 bits per heavy atom. The van der Waals surface area contributed by atoms with Crippen molar-refractivity contribution in [2.75, 3.05) is 6.54 Å². The Morgan fingerprint density at radius 3 is 2.50 bits per heavy atom. The van der Waals surface area contributed by atoms with E-state index >= 15 is 0 Å². The normalized spacial score (nSPS) is 10.9. The summed E-state index contributed by atoms with van der Waals surface area (Å²) in [7, 11) is 0. The van der Waals surface area contributed by atoms with Gasteiger partial charge in [-0.05, 0) is 25.0 Å². The van der Waals surface area contributed by atoms with Crippen LogP contribution in [0.2, 0.25) is 0 Å². The van der Waals surface area contributed by atoms with E-state index in [1.165, 1.54) is 0 Å². The Balaban J connectivity index is 2.44. The topological polar surface area (TPSA) is 104 Å². The Hall–Kier alpha value is -2.18. The second-order valence-corrected chi connectivity index (χ2v) is 4.54. The van der Waals surface area contributed by atoms with Crippen molar-refractivity contribution >= 4 is 12.0 Å². The van der Waals surface area contributed by atoms with Crippen LogP contribution in [0.4, 0.5) is 4.79 Å². The molecule has 3 N–H and O–H groups in total. The number of amides is 2. The Bertz CT molecular complexity index is 446. The van der Waals surface area contributed by atoms with Crippen molar-refractivity contribution in [3.63, 3.8) is 0 Å². The van der Waals surface area contributed by atoms with Gasteiger partial charge in [-0.2, -0.15) is 10.2 Å². The number of hydrogen-bond acceptors (Lipinski definition) is 4. The van der Waals surface area contributed by atoms with Gasteiger partial charge in [0.25, 0.3) is 0 Å². The summed E-state index contributed by atoms with van der Waals surface area (Å²) in [6.45, 7) is 3.95. The van der Waals surface area contributed by atoms with E-state index in [0.717, 1.165) is 0 Å². The lowest BCUT2D eigenvalue weighted by molar-refractivity contribution is -0.149. The lowest BCUT2D eigenvalue weighted by Crippen LogP contribution is -2.45. The van der Waals surface area contributed by atoms with Crippen LogP contribution in [0.5, 0.6) is 0 Å². The van der Waals surface area contributed by atoms with Crippen LogP contribution in [0, 0.1) is 5.41 Å². The van der Waals surface area contributed by atoms with E-state index in [0.29, 0.717) is 18.5 Å². The lowest BCUT2D eigenvalue weighted by Gasteiger charge is -2.26. The monoisotopic (exact) mass is 280 g/mol. The molecule has 0 aliphatic rings. The number of aromatic nitrogens is 2. The average Bonchev–Trinajstić information content (AvgIpc) is 2.47. The number of carbonyl (C=O) groups excluding carboxylic acids is 1. The predicted octanol–water partition coefficient (Wildman–Crippen LogP) is 1.17. The van der Waals surface area contributed by atoms with Gasteiger partial charge in [0.15, 0.2) is 0 Å². The fourth-order valence-corrected chi connectivity index (χ4v) is 1.79. The Morgan fingerprint density at radius 1 is 1.30 bits per heavy atom. The van der Waals surface area contributed by atoms with E-state index in [4.69, 9.17) is 0 Å². The fraction of sp³-hybridized carbons (Fsp3) is 0.538. The molecular weight excluding hydrogens is 260 g/mol. The summed E-state index contributed by atoms with van der Waals surface area (Å²) in [5.41, 5.74) is -0.276. The molecule has 1 aromatic rings. The molecule has 0 aliphatic heterocycles. The molecule has 0 aromatic carbocycles. The lowest BCUT2D eigenvalue weighted by atomic mass is 9.82. The first kappa shape index (κ1) is 15.9. The minimum absolute atomic E-state index is 0.0988. The molecule has 0 atom stereocenters. The van der Waals surface area contributed by atoms with Gasteiger partial charge in [0.2, 0.25) is 0 Å². The molecule has 0 aliphatic carbocycles. The highest BCUT2D eigenvalue weighted by atomic mass is 16.4. The second-order valence-electron chi connectivity index (χ2n) is 4.54. The van der Waals surface area contributed by atoms with Gasteiger partial charge in [-0.15, -0.1) is 0 Å². The van der Waals surface area contributed by atoms with E-state index in [2.05, 4.69) is 20.8 Å². The maximum Gasteiger partial charge on any atom is 0.315 e. The van der Waals surface area contributed by atoms with Gasteiger partial charge in [0, 0.05) is 12.7 Å². The van der Waals surface area contributed by atoms with Gasteiger partial charge in [-0.25, -0.2) is 4.79 Å². The number of nitrogens with zero attached hydrogens (tertiary/aromatic N) is 2. The first-order valence-electron chi connectivity index (χ1n) is 6.55. The first-order valence-corrected chi connectivity index (χ1v) is 6.55. The molecule has 20 heavy (non-hydrogen) atoms. The molecule has 110 valence electrons. The van der Waals surface area contributed by atoms with Gasteiger partial charge in [-0.3, -0.25) is 4.79 Å². The highest BCUT2D eigenvalue weighted by Gasteiger charge is 2.35. The molecule has 7 heteroatoms. The summed E-state index contributed by atoms with van der Waals surface area (Å²) in [5.74, 6) is -0.892. The van der Waals surface area contributed by atoms with Crippen LogP contribution in [0.3, 0.4) is 0 Å². The smallest absolute Gasteiger partial charge is 0.315 e. The van der Waals surface area contributed by atoms with Crippen molar-refractivity contribution in [3.05, 3.63) is 24.0 Å². The Kier molecular flexibility index (Phi) is 5.89. The van der Waals surface area contributed by atoms with E-state index in [1.54, 1.807) is 32.2 Å². The molecule has 0 spiro atoms. The van der Waals surface area contributed by atoms with Gasteiger partial charge in [-0.1, -0.05) is 13.8 Å². The molecule has 1 heterocycles. The van der Waals surface area contributed by atoms with Crippen molar-refractivity contribution in [1.82, 2.24) is 20.8 Å². The number of carboxylic acids is 1. The van der Waals surface area contributed by atoms with Gasteiger partial charge < -0.3 is 15.7 Å². The first-order chi connectivity index (χ1) is 9.54. The van der Waals surface area contributed by atoms with Gasteiger partial charge in [0.1, 0.15) is 0 Å². The zero-order chi connectivity index (χ0) is 15.0. The molecular formula is C13H20N4O3. The van der Waals surface area contributed by atoms with E-state index in [-0.39, 0.29) is 13.1 Å². The van der Waals surface area contributed by atoms with E-state index in [1.807, 2.05) is 0 Å². The third kappa shape index (κ3) is 4.18. The van der Waals surface area contributed by atoms with Gasteiger partial charge in [0.05, 0.1) is 17.7 Å². The summed E-state index contributed by atoms with van der Waals surface area (Å²) in [6.07, 6.45) is 2.47. The molecule has 7 nitrogen and oxygen atoms in total. The van der Waals surface area contributed by atoms with Crippen LogP contribution in [0.15, 0.2) is 18.3 Å². The highest BCUT2D eigenvalue weighted by molar-refractivity contribution is 5.78. The molecule has 0 saturated heterocycles. The van der Waals surface area contributed by atoms with Crippen molar-refractivity contribution < 1.29 is 14.7 Å². The number of hydrogen-bond donors (Lipinski definition) is 3. The van der Waals surface area contributed by atoms with Crippen molar-refractivity contribution in [2.45, 2.75) is 33.2 Å². The van der Waals surface area contributed by atoms with Crippen LogP contribution >= 0.6 is 0 Å². The largest absolute Gasteiger partial charge is 0.481 e. The average molecular weight is 280 g/mol. The standard InChI is InChI=1S/C13H20N4O3/c1-3-13(4-2,11(18)19)9-15-12(20)14-8-10-6-5-7-16-17-10/h5-7H,3-4,8-9H2,1-2H3,(H,18,19)(H2,14,15,20). The third-order valence-electron chi connectivity index (χ3n) is 3.45. The summed E-state index contributed by atoms with van der Waals surface area (Å²) in [6, 6.07) is 3.06. The minimum atomic E-state index is -0.913. The molecule has 0 fully saturated rings. The zero-order valence-electron chi connectivity index (χ0n) is 11.7. The molecule has 1 aromatic heterocycles. The molecule has 1 rings (SSSR count). The third-order valence-corrected chi connectivity index (χ3v) is 3.45. The van der Waals surface area contributed by atoms with Crippen molar-refractivity contribution in [1.29, 1.82) is 0 Å². The number of aliphatic carboxylic acids is 1. The van der Waals surface area contributed by atoms with Crippen LogP contribution in [-0.2, 0) is 11.3 Å². The number of nitrogens with one attached hydrogen (secondary N) is 2. The maximum absolute atomic E-state index is 11.7.